The normalized spacial score (nSPS) is 13.5. The SMILES string of the molecule is CCCCC[C@@](CN)(C(=O)OCC)c1cccc(OC)c1. The topological polar surface area (TPSA) is 61.6 Å². The predicted octanol–water partition coefficient (Wildman–Crippen LogP) is 3.04. The molecule has 21 heavy (non-hydrogen) atoms. The van der Waals surface area contributed by atoms with Crippen molar-refractivity contribution in [3.63, 3.8) is 0 Å². The zero-order valence-electron chi connectivity index (χ0n) is 13.4. The van der Waals surface area contributed by atoms with Crippen molar-refractivity contribution >= 4 is 5.97 Å². The van der Waals surface area contributed by atoms with E-state index in [1.807, 2.05) is 31.2 Å². The van der Waals surface area contributed by atoms with Crippen molar-refractivity contribution in [1.29, 1.82) is 0 Å². The minimum Gasteiger partial charge on any atom is -0.497 e. The fourth-order valence-electron chi connectivity index (χ4n) is 2.53. The zero-order valence-corrected chi connectivity index (χ0v) is 13.4. The largest absolute Gasteiger partial charge is 0.497 e. The lowest BCUT2D eigenvalue weighted by Crippen LogP contribution is -2.44. The molecule has 4 nitrogen and oxygen atoms in total. The van der Waals surface area contributed by atoms with E-state index in [1.54, 1.807) is 7.11 Å². The van der Waals surface area contributed by atoms with Crippen molar-refractivity contribution in [1.82, 2.24) is 0 Å². The zero-order chi connectivity index (χ0) is 15.7. The third kappa shape index (κ3) is 4.21. The molecule has 0 heterocycles. The minimum absolute atomic E-state index is 0.239. The van der Waals surface area contributed by atoms with Crippen LogP contribution in [0.4, 0.5) is 0 Å². The Hall–Kier alpha value is -1.55. The van der Waals surface area contributed by atoms with Gasteiger partial charge in [0.1, 0.15) is 11.2 Å². The van der Waals surface area contributed by atoms with Crippen LogP contribution in [0.1, 0.15) is 45.1 Å². The smallest absolute Gasteiger partial charge is 0.317 e. The van der Waals surface area contributed by atoms with E-state index in [-0.39, 0.29) is 12.5 Å². The Bertz CT molecular complexity index is 447. The van der Waals surface area contributed by atoms with Gasteiger partial charge in [0.25, 0.3) is 0 Å². The highest BCUT2D eigenvalue weighted by atomic mass is 16.5. The number of hydrogen-bond donors (Lipinski definition) is 1. The molecule has 0 aliphatic heterocycles. The maximum absolute atomic E-state index is 12.5. The Kier molecular flexibility index (Phi) is 7.23. The summed E-state index contributed by atoms with van der Waals surface area (Å²) in [4.78, 5) is 12.5. The molecule has 0 saturated heterocycles. The molecule has 0 radical (unpaired) electrons. The monoisotopic (exact) mass is 293 g/mol. The fraction of sp³-hybridized carbons (Fsp3) is 0.588. The number of methoxy groups -OCH3 is 1. The van der Waals surface area contributed by atoms with Crippen LogP contribution in [0.25, 0.3) is 0 Å². The molecular weight excluding hydrogens is 266 g/mol. The van der Waals surface area contributed by atoms with Crippen molar-refractivity contribution in [2.45, 2.75) is 44.9 Å². The number of unbranched alkanes of at least 4 members (excludes halogenated alkanes) is 2. The fourth-order valence-corrected chi connectivity index (χ4v) is 2.53. The second kappa shape index (κ2) is 8.67. The van der Waals surface area contributed by atoms with E-state index in [9.17, 15) is 4.79 Å². The maximum atomic E-state index is 12.5. The molecule has 1 atom stereocenters. The summed E-state index contributed by atoms with van der Waals surface area (Å²) in [6.45, 7) is 4.55. The van der Waals surface area contributed by atoms with Gasteiger partial charge in [-0.2, -0.15) is 0 Å². The molecule has 2 N–H and O–H groups in total. The summed E-state index contributed by atoms with van der Waals surface area (Å²) >= 11 is 0. The van der Waals surface area contributed by atoms with Crippen LogP contribution in [-0.2, 0) is 14.9 Å². The Labute approximate surface area is 127 Å². The third-order valence-corrected chi connectivity index (χ3v) is 3.84. The second-order valence-corrected chi connectivity index (χ2v) is 5.20. The molecule has 1 aromatic carbocycles. The molecule has 0 amide bonds. The molecule has 4 heteroatoms. The van der Waals surface area contributed by atoms with Crippen LogP contribution < -0.4 is 10.5 Å². The summed E-state index contributed by atoms with van der Waals surface area (Å²) in [7, 11) is 1.62. The molecule has 1 aromatic rings. The molecule has 1 rings (SSSR count). The summed E-state index contributed by atoms with van der Waals surface area (Å²) in [5.74, 6) is 0.488. The van der Waals surface area contributed by atoms with Crippen LogP contribution in [0.3, 0.4) is 0 Å². The molecule has 0 spiro atoms. The number of carbonyl (C=O) groups excluding carboxylic acids is 1. The van der Waals surface area contributed by atoms with Crippen molar-refractivity contribution in [3.05, 3.63) is 29.8 Å². The quantitative estimate of drug-likeness (QED) is 0.561. The molecule has 0 unspecified atom stereocenters. The first-order valence-electron chi connectivity index (χ1n) is 7.66. The van der Waals surface area contributed by atoms with Gasteiger partial charge in [-0.15, -0.1) is 0 Å². The molecule has 118 valence electrons. The number of hydrogen-bond acceptors (Lipinski definition) is 4. The van der Waals surface area contributed by atoms with Gasteiger partial charge >= 0.3 is 5.97 Å². The van der Waals surface area contributed by atoms with Crippen molar-refractivity contribution in [2.24, 2.45) is 5.73 Å². The van der Waals surface area contributed by atoms with E-state index >= 15 is 0 Å². The Morgan fingerprint density at radius 2 is 2.05 bits per heavy atom. The number of nitrogens with two attached hydrogens (primary N) is 1. The van der Waals surface area contributed by atoms with Gasteiger partial charge in [-0.25, -0.2) is 0 Å². The highest BCUT2D eigenvalue weighted by Gasteiger charge is 2.40. The lowest BCUT2D eigenvalue weighted by Gasteiger charge is -2.31. The minimum atomic E-state index is -0.778. The number of benzene rings is 1. The Morgan fingerprint density at radius 3 is 2.62 bits per heavy atom. The summed E-state index contributed by atoms with van der Waals surface area (Å²) in [5.41, 5.74) is 6.10. The van der Waals surface area contributed by atoms with E-state index in [0.717, 1.165) is 30.6 Å². The molecular formula is C17H27NO3. The molecule has 0 saturated carbocycles. The Morgan fingerprint density at radius 1 is 1.29 bits per heavy atom. The number of carbonyl (C=O) groups is 1. The van der Waals surface area contributed by atoms with Crippen LogP contribution in [-0.4, -0.2) is 26.2 Å². The number of ether oxygens (including phenoxy) is 2. The first-order chi connectivity index (χ1) is 10.1. The molecule has 0 aliphatic carbocycles. The van der Waals surface area contributed by atoms with E-state index < -0.39 is 5.41 Å². The standard InChI is InChI=1S/C17H27NO3/c1-4-6-7-11-17(13-18,16(19)21-5-2)14-9-8-10-15(12-14)20-3/h8-10,12H,4-7,11,13,18H2,1-3H3/t17-/m0/s1. The van der Waals surface area contributed by atoms with E-state index in [4.69, 9.17) is 15.2 Å². The van der Waals surface area contributed by atoms with Gasteiger partial charge in [-0.05, 0) is 31.0 Å². The van der Waals surface area contributed by atoms with Gasteiger partial charge in [0.05, 0.1) is 13.7 Å². The average molecular weight is 293 g/mol. The number of rotatable bonds is 9. The second-order valence-electron chi connectivity index (χ2n) is 5.20. The van der Waals surface area contributed by atoms with E-state index in [1.165, 1.54) is 0 Å². The van der Waals surface area contributed by atoms with Gasteiger partial charge < -0.3 is 15.2 Å². The Balaban J connectivity index is 3.16. The summed E-state index contributed by atoms with van der Waals surface area (Å²) in [6.07, 6.45) is 3.82. The molecule has 0 aliphatic rings. The summed E-state index contributed by atoms with van der Waals surface area (Å²) < 4.78 is 10.6. The van der Waals surface area contributed by atoms with Crippen molar-refractivity contribution in [2.75, 3.05) is 20.3 Å². The van der Waals surface area contributed by atoms with Gasteiger partial charge in [-0.3, -0.25) is 4.79 Å². The lowest BCUT2D eigenvalue weighted by molar-refractivity contribution is -0.150. The maximum Gasteiger partial charge on any atom is 0.317 e. The first-order valence-corrected chi connectivity index (χ1v) is 7.66. The van der Waals surface area contributed by atoms with Crippen molar-refractivity contribution < 1.29 is 14.3 Å². The highest BCUT2D eigenvalue weighted by Crippen LogP contribution is 2.33. The first kappa shape index (κ1) is 17.5. The number of esters is 1. The van der Waals surface area contributed by atoms with E-state index in [0.29, 0.717) is 13.0 Å². The summed E-state index contributed by atoms with van der Waals surface area (Å²) in [5, 5.41) is 0. The van der Waals surface area contributed by atoms with Gasteiger partial charge in [0.2, 0.25) is 0 Å². The third-order valence-electron chi connectivity index (χ3n) is 3.84. The highest BCUT2D eigenvalue weighted by molar-refractivity contribution is 5.83. The van der Waals surface area contributed by atoms with Crippen LogP contribution in [0, 0.1) is 0 Å². The van der Waals surface area contributed by atoms with Crippen LogP contribution >= 0.6 is 0 Å². The average Bonchev–Trinajstić information content (AvgIpc) is 2.52. The molecule has 0 bridgehead atoms. The summed E-state index contributed by atoms with van der Waals surface area (Å²) in [6, 6.07) is 7.56. The lowest BCUT2D eigenvalue weighted by atomic mass is 9.76. The van der Waals surface area contributed by atoms with Crippen molar-refractivity contribution in [3.8, 4) is 5.75 Å². The van der Waals surface area contributed by atoms with Crippen LogP contribution in [0.2, 0.25) is 0 Å². The van der Waals surface area contributed by atoms with Crippen LogP contribution in [0.15, 0.2) is 24.3 Å². The predicted molar refractivity (Wildman–Crippen MR) is 84.5 cm³/mol. The van der Waals surface area contributed by atoms with Gasteiger partial charge in [-0.1, -0.05) is 38.3 Å². The van der Waals surface area contributed by atoms with Gasteiger partial charge in [0.15, 0.2) is 0 Å². The molecule has 0 aromatic heterocycles. The van der Waals surface area contributed by atoms with Crippen LogP contribution in [0.5, 0.6) is 5.75 Å². The van der Waals surface area contributed by atoms with Gasteiger partial charge in [0, 0.05) is 6.54 Å². The van der Waals surface area contributed by atoms with E-state index in [2.05, 4.69) is 6.92 Å². The molecule has 0 fully saturated rings.